The van der Waals surface area contributed by atoms with Crippen LogP contribution in [0.5, 0.6) is 0 Å². The Balaban J connectivity index is 2.29. The number of aromatic nitrogens is 2. The first-order chi connectivity index (χ1) is 6.66. The molecule has 0 spiro atoms. The highest BCUT2D eigenvalue weighted by molar-refractivity contribution is 5.23. The van der Waals surface area contributed by atoms with Gasteiger partial charge in [0.15, 0.2) is 6.29 Å². The van der Waals surface area contributed by atoms with Crippen molar-refractivity contribution in [1.82, 2.24) is 9.55 Å². The normalized spacial score (nSPS) is 26.6. The summed E-state index contributed by atoms with van der Waals surface area (Å²) in [4.78, 5) is 14.9. The third-order valence-electron chi connectivity index (χ3n) is 2.14. The summed E-state index contributed by atoms with van der Waals surface area (Å²) in [7, 11) is 0. The molecule has 1 aromatic rings. The second-order valence-electron chi connectivity index (χ2n) is 3.16. The second kappa shape index (κ2) is 3.39. The molecule has 1 aromatic heterocycles. The molecule has 0 aliphatic carbocycles. The Labute approximate surface area is 79.9 Å². The maximum atomic E-state index is 11.3. The van der Waals surface area contributed by atoms with E-state index in [2.05, 4.69) is 4.98 Å². The van der Waals surface area contributed by atoms with Crippen molar-refractivity contribution in [3.63, 3.8) is 0 Å². The Bertz CT molecular complexity index is 390. The fourth-order valence-electron chi connectivity index (χ4n) is 1.45. The highest BCUT2D eigenvalue weighted by atomic mass is 16.6. The van der Waals surface area contributed by atoms with Crippen LogP contribution in [0.3, 0.4) is 0 Å². The molecule has 1 fully saturated rings. The first kappa shape index (κ1) is 9.17. The third kappa shape index (κ3) is 1.61. The largest absolute Gasteiger partial charge is 0.383 e. The zero-order valence-corrected chi connectivity index (χ0v) is 7.46. The van der Waals surface area contributed by atoms with Crippen LogP contribution in [0.2, 0.25) is 0 Å². The first-order valence-electron chi connectivity index (χ1n) is 4.35. The zero-order chi connectivity index (χ0) is 10.1. The van der Waals surface area contributed by atoms with E-state index in [0.29, 0.717) is 12.8 Å². The van der Waals surface area contributed by atoms with E-state index in [9.17, 15) is 4.79 Å². The Hall–Kier alpha value is -1.40. The van der Waals surface area contributed by atoms with Crippen molar-refractivity contribution in [2.75, 3.05) is 5.73 Å². The number of rotatable bonds is 1. The van der Waals surface area contributed by atoms with Crippen LogP contribution in [0, 0.1) is 0 Å². The quantitative estimate of drug-likeness (QED) is 0.630. The van der Waals surface area contributed by atoms with E-state index < -0.39 is 18.2 Å². The van der Waals surface area contributed by atoms with Crippen LogP contribution in [-0.4, -0.2) is 20.9 Å². The fraction of sp³-hybridized carbons (Fsp3) is 0.500. The summed E-state index contributed by atoms with van der Waals surface area (Å²) in [5.74, 6) is 0.185. The molecule has 1 aliphatic rings. The molecule has 14 heavy (non-hydrogen) atoms. The van der Waals surface area contributed by atoms with Gasteiger partial charge in [-0.1, -0.05) is 0 Å². The summed E-state index contributed by atoms with van der Waals surface area (Å²) < 4.78 is 6.43. The minimum absolute atomic E-state index is 0.185. The predicted molar refractivity (Wildman–Crippen MR) is 48.3 cm³/mol. The van der Waals surface area contributed by atoms with Gasteiger partial charge in [-0.05, 0) is 12.5 Å². The zero-order valence-electron chi connectivity index (χ0n) is 7.46. The van der Waals surface area contributed by atoms with Crippen LogP contribution in [0.4, 0.5) is 5.82 Å². The second-order valence-corrected chi connectivity index (χ2v) is 3.16. The number of aliphatic hydroxyl groups excluding tert-OH is 1. The number of nitrogens with two attached hydrogens (primary N) is 1. The molecule has 0 radical (unpaired) electrons. The molecule has 2 unspecified atom stereocenters. The van der Waals surface area contributed by atoms with Gasteiger partial charge in [-0.2, -0.15) is 4.98 Å². The summed E-state index contributed by atoms with van der Waals surface area (Å²) in [6.07, 6.45) is 1.44. The molecule has 1 saturated heterocycles. The predicted octanol–water partition coefficient (Wildman–Crippen LogP) is -0.547. The molecule has 6 heteroatoms. The number of anilines is 1. The molecule has 2 rings (SSSR count). The van der Waals surface area contributed by atoms with E-state index in [1.807, 2.05) is 0 Å². The summed E-state index contributed by atoms with van der Waals surface area (Å²) in [5, 5.41) is 9.12. The van der Waals surface area contributed by atoms with Crippen LogP contribution >= 0.6 is 0 Å². The molecule has 3 N–H and O–H groups in total. The van der Waals surface area contributed by atoms with Crippen molar-refractivity contribution >= 4 is 5.82 Å². The van der Waals surface area contributed by atoms with Crippen LogP contribution in [0.25, 0.3) is 0 Å². The van der Waals surface area contributed by atoms with Gasteiger partial charge < -0.3 is 15.6 Å². The lowest BCUT2D eigenvalue weighted by Crippen LogP contribution is -2.27. The molecule has 2 heterocycles. The summed E-state index contributed by atoms with van der Waals surface area (Å²) in [6.45, 7) is 0. The first-order valence-corrected chi connectivity index (χ1v) is 4.35. The van der Waals surface area contributed by atoms with Gasteiger partial charge in [0.2, 0.25) is 0 Å². The van der Waals surface area contributed by atoms with E-state index in [-0.39, 0.29) is 5.82 Å². The van der Waals surface area contributed by atoms with Crippen LogP contribution in [-0.2, 0) is 4.74 Å². The summed E-state index contributed by atoms with van der Waals surface area (Å²) in [5.41, 5.74) is 4.88. The van der Waals surface area contributed by atoms with E-state index in [0.717, 1.165) is 0 Å². The van der Waals surface area contributed by atoms with Gasteiger partial charge in [-0.25, -0.2) is 4.79 Å². The SMILES string of the molecule is Nc1ccn(C2CCC(O)O2)c(=O)n1. The molecule has 0 aromatic carbocycles. The van der Waals surface area contributed by atoms with E-state index in [1.165, 1.54) is 16.8 Å². The number of hydrogen-bond acceptors (Lipinski definition) is 5. The lowest BCUT2D eigenvalue weighted by molar-refractivity contribution is -0.113. The van der Waals surface area contributed by atoms with Crippen molar-refractivity contribution in [3.8, 4) is 0 Å². The number of ether oxygens (including phenoxy) is 1. The maximum absolute atomic E-state index is 11.3. The average molecular weight is 197 g/mol. The lowest BCUT2D eigenvalue weighted by atomic mass is 10.3. The van der Waals surface area contributed by atoms with Gasteiger partial charge in [-0.3, -0.25) is 4.57 Å². The van der Waals surface area contributed by atoms with Gasteiger partial charge in [0.25, 0.3) is 0 Å². The summed E-state index contributed by atoms with van der Waals surface area (Å²) in [6, 6.07) is 1.52. The van der Waals surface area contributed by atoms with Crippen LogP contribution in [0.15, 0.2) is 17.1 Å². The van der Waals surface area contributed by atoms with Gasteiger partial charge in [0.05, 0.1) is 0 Å². The topological polar surface area (TPSA) is 90.4 Å². The molecule has 2 atom stereocenters. The van der Waals surface area contributed by atoms with Crippen molar-refractivity contribution in [2.45, 2.75) is 25.4 Å². The smallest absolute Gasteiger partial charge is 0.351 e. The van der Waals surface area contributed by atoms with Crippen molar-refractivity contribution in [3.05, 3.63) is 22.7 Å². The average Bonchev–Trinajstić information content (AvgIpc) is 2.51. The van der Waals surface area contributed by atoms with Crippen LogP contribution in [0.1, 0.15) is 19.1 Å². The standard InChI is InChI=1S/C8H11N3O3/c9-5-3-4-11(8(13)10-5)6-1-2-7(12)14-6/h3-4,6-7,12H,1-2H2,(H2,9,10,13). The van der Waals surface area contributed by atoms with Gasteiger partial charge in [0.1, 0.15) is 12.0 Å². The molecule has 76 valence electrons. The van der Waals surface area contributed by atoms with Gasteiger partial charge in [0, 0.05) is 12.6 Å². The number of aliphatic hydroxyl groups is 1. The maximum Gasteiger partial charge on any atom is 0.351 e. The lowest BCUT2D eigenvalue weighted by Gasteiger charge is -2.12. The van der Waals surface area contributed by atoms with Crippen LogP contribution < -0.4 is 11.4 Å². The minimum Gasteiger partial charge on any atom is -0.383 e. The highest BCUT2D eigenvalue weighted by Gasteiger charge is 2.25. The van der Waals surface area contributed by atoms with E-state index >= 15 is 0 Å². The van der Waals surface area contributed by atoms with Crippen molar-refractivity contribution in [2.24, 2.45) is 0 Å². The van der Waals surface area contributed by atoms with Crippen molar-refractivity contribution < 1.29 is 9.84 Å². The summed E-state index contributed by atoms with van der Waals surface area (Å²) >= 11 is 0. The van der Waals surface area contributed by atoms with Gasteiger partial charge in [-0.15, -0.1) is 0 Å². The van der Waals surface area contributed by atoms with Gasteiger partial charge >= 0.3 is 5.69 Å². The molecular weight excluding hydrogens is 186 g/mol. The fourth-order valence-corrected chi connectivity index (χ4v) is 1.45. The Morgan fingerprint density at radius 2 is 2.43 bits per heavy atom. The Kier molecular flexibility index (Phi) is 2.22. The minimum atomic E-state index is -0.788. The number of nitrogen functional groups attached to an aromatic ring is 1. The molecule has 0 saturated carbocycles. The van der Waals surface area contributed by atoms with E-state index in [4.69, 9.17) is 15.6 Å². The number of hydrogen-bond donors (Lipinski definition) is 2. The molecule has 0 bridgehead atoms. The van der Waals surface area contributed by atoms with Crippen molar-refractivity contribution in [1.29, 1.82) is 0 Å². The molecular formula is C8H11N3O3. The number of nitrogens with zero attached hydrogens (tertiary/aromatic N) is 2. The third-order valence-corrected chi connectivity index (χ3v) is 2.14. The molecule has 0 amide bonds. The van der Waals surface area contributed by atoms with E-state index in [1.54, 1.807) is 0 Å². The monoisotopic (exact) mass is 197 g/mol. The Morgan fingerprint density at radius 3 is 3.00 bits per heavy atom. The molecule has 6 nitrogen and oxygen atoms in total. The molecule has 1 aliphatic heterocycles. The Morgan fingerprint density at radius 1 is 1.64 bits per heavy atom. The highest BCUT2D eigenvalue weighted by Crippen LogP contribution is 2.25.